The van der Waals surface area contributed by atoms with E-state index in [-0.39, 0.29) is 5.91 Å². The SMILES string of the molecule is O=Cc1ccc2nc3n(c2c1)CCCNC3=O. The summed E-state index contributed by atoms with van der Waals surface area (Å²) < 4.78 is 1.88. The van der Waals surface area contributed by atoms with Crippen LogP contribution < -0.4 is 5.32 Å². The lowest BCUT2D eigenvalue weighted by molar-refractivity contribution is 0.0946. The van der Waals surface area contributed by atoms with Gasteiger partial charge in [-0.15, -0.1) is 0 Å². The summed E-state index contributed by atoms with van der Waals surface area (Å²) in [6, 6.07) is 5.26. The molecule has 0 atom stereocenters. The normalized spacial score (nSPS) is 15.2. The van der Waals surface area contributed by atoms with E-state index in [0.29, 0.717) is 17.9 Å². The van der Waals surface area contributed by atoms with Gasteiger partial charge in [-0.2, -0.15) is 0 Å². The Morgan fingerprint density at radius 1 is 1.41 bits per heavy atom. The number of fused-ring (bicyclic) bond motifs is 3. The van der Waals surface area contributed by atoms with E-state index in [0.717, 1.165) is 30.3 Å². The second-order valence-electron chi connectivity index (χ2n) is 4.06. The van der Waals surface area contributed by atoms with Crippen molar-refractivity contribution in [3.63, 3.8) is 0 Å². The van der Waals surface area contributed by atoms with Crippen molar-refractivity contribution >= 4 is 23.2 Å². The summed E-state index contributed by atoms with van der Waals surface area (Å²) in [5.74, 6) is 0.284. The fourth-order valence-electron chi connectivity index (χ4n) is 2.13. The number of nitrogens with zero attached hydrogens (tertiary/aromatic N) is 2. The summed E-state index contributed by atoms with van der Waals surface area (Å²) in [4.78, 5) is 26.8. The number of aryl methyl sites for hydroxylation is 1. The molecular formula is C12H11N3O2. The van der Waals surface area contributed by atoms with E-state index in [1.54, 1.807) is 18.2 Å². The topological polar surface area (TPSA) is 64.0 Å². The number of carbonyl (C=O) groups is 2. The Hall–Kier alpha value is -2.17. The van der Waals surface area contributed by atoms with Crippen molar-refractivity contribution in [2.75, 3.05) is 6.54 Å². The first-order valence-corrected chi connectivity index (χ1v) is 5.53. The molecule has 1 aliphatic heterocycles. The first-order valence-electron chi connectivity index (χ1n) is 5.53. The quantitative estimate of drug-likeness (QED) is 0.741. The Bertz CT molecular complexity index is 615. The van der Waals surface area contributed by atoms with Gasteiger partial charge in [0.05, 0.1) is 11.0 Å². The summed E-state index contributed by atoms with van der Waals surface area (Å²) in [5, 5.41) is 2.80. The number of rotatable bonds is 1. The Morgan fingerprint density at radius 3 is 3.12 bits per heavy atom. The van der Waals surface area contributed by atoms with Crippen LogP contribution in [-0.4, -0.2) is 28.3 Å². The molecule has 0 fully saturated rings. The molecule has 0 unspecified atom stereocenters. The molecule has 5 nitrogen and oxygen atoms in total. The second-order valence-corrected chi connectivity index (χ2v) is 4.06. The molecule has 1 aromatic carbocycles. The predicted molar refractivity (Wildman–Crippen MR) is 62.1 cm³/mol. The van der Waals surface area contributed by atoms with Crippen LogP contribution in [-0.2, 0) is 6.54 Å². The van der Waals surface area contributed by atoms with Gasteiger partial charge < -0.3 is 9.88 Å². The molecule has 17 heavy (non-hydrogen) atoms. The average Bonchev–Trinajstić information content (AvgIpc) is 2.62. The molecule has 0 saturated carbocycles. The summed E-state index contributed by atoms with van der Waals surface area (Å²) in [6.45, 7) is 1.41. The van der Waals surface area contributed by atoms with Gasteiger partial charge in [0.15, 0.2) is 5.82 Å². The fourth-order valence-corrected chi connectivity index (χ4v) is 2.13. The largest absolute Gasteiger partial charge is 0.349 e. The molecule has 1 aliphatic rings. The van der Waals surface area contributed by atoms with Gasteiger partial charge in [0, 0.05) is 18.7 Å². The van der Waals surface area contributed by atoms with Crippen molar-refractivity contribution in [1.29, 1.82) is 0 Å². The van der Waals surface area contributed by atoms with E-state index in [9.17, 15) is 9.59 Å². The third-order valence-corrected chi connectivity index (χ3v) is 2.96. The van der Waals surface area contributed by atoms with E-state index >= 15 is 0 Å². The molecule has 3 rings (SSSR count). The number of carbonyl (C=O) groups excluding carboxylic acids is 2. The number of aromatic nitrogens is 2. The lowest BCUT2D eigenvalue weighted by Crippen LogP contribution is -2.23. The molecule has 0 spiro atoms. The number of aldehydes is 1. The molecule has 1 amide bonds. The van der Waals surface area contributed by atoms with E-state index in [2.05, 4.69) is 10.3 Å². The number of hydrogen-bond acceptors (Lipinski definition) is 3. The third kappa shape index (κ3) is 1.51. The van der Waals surface area contributed by atoms with Gasteiger partial charge in [0.1, 0.15) is 6.29 Å². The summed E-state index contributed by atoms with van der Waals surface area (Å²) in [7, 11) is 0. The van der Waals surface area contributed by atoms with Gasteiger partial charge >= 0.3 is 0 Å². The predicted octanol–water partition coefficient (Wildman–Crippen LogP) is 0.982. The van der Waals surface area contributed by atoms with Crippen molar-refractivity contribution < 1.29 is 9.59 Å². The van der Waals surface area contributed by atoms with Crippen LogP contribution in [0, 0.1) is 0 Å². The monoisotopic (exact) mass is 229 g/mol. The maximum atomic E-state index is 11.8. The number of benzene rings is 1. The van der Waals surface area contributed by atoms with Crippen LogP contribution in [0.1, 0.15) is 27.4 Å². The summed E-state index contributed by atoms with van der Waals surface area (Å²) in [6.07, 6.45) is 1.67. The van der Waals surface area contributed by atoms with Crippen LogP contribution in [0.5, 0.6) is 0 Å². The Kier molecular flexibility index (Phi) is 2.18. The third-order valence-electron chi connectivity index (χ3n) is 2.96. The lowest BCUT2D eigenvalue weighted by Gasteiger charge is -2.02. The number of hydrogen-bond donors (Lipinski definition) is 1. The van der Waals surface area contributed by atoms with E-state index < -0.39 is 0 Å². The first kappa shape index (κ1) is 10.0. The molecule has 0 radical (unpaired) electrons. The molecule has 2 aromatic rings. The van der Waals surface area contributed by atoms with Crippen molar-refractivity contribution in [3.05, 3.63) is 29.6 Å². The molecule has 5 heteroatoms. The number of nitrogens with one attached hydrogen (secondary N) is 1. The Labute approximate surface area is 97.4 Å². The van der Waals surface area contributed by atoms with E-state index in [1.807, 2.05) is 4.57 Å². The van der Waals surface area contributed by atoms with Crippen LogP contribution in [0.15, 0.2) is 18.2 Å². The molecular weight excluding hydrogens is 218 g/mol. The molecule has 0 bridgehead atoms. The van der Waals surface area contributed by atoms with Gasteiger partial charge in [-0.3, -0.25) is 9.59 Å². The maximum Gasteiger partial charge on any atom is 0.287 e. The highest BCUT2D eigenvalue weighted by Crippen LogP contribution is 2.19. The Morgan fingerprint density at radius 2 is 2.29 bits per heavy atom. The molecule has 0 saturated heterocycles. The van der Waals surface area contributed by atoms with Crippen LogP contribution in [0.25, 0.3) is 11.0 Å². The molecule has 0 aliphatic carbocycles. The minimum atomic E-state index is -0.147. The van der Waals surface area contributed by atoms with E-state index in [1.165, 1.54) is 0 Å². The fraction of sp³-hybridized carbons (Fsp3) is 0.250. The zero-order valence-electron chi connectivity index (χ0n) is 9.14. The van der Waals surface area contributed by atoms with Gasteiger partial charge in [0.2, 0.25) is 0 Å². The van der Waals surface area contributed by atoms with Gasteiger partial charge in [0.25, 0.3) is 5.91 Å². The first-order chi connectivity index (χ1) is 8.29. The molecule has 1 N–H and O–H groups in total. The Balaban J connectivity index is 2.28. The van der Waals surface area contributed by atoms with E-state index in [4.69, 9.17) is 0 Å². The van der Waals surface area contributed by atoms with Crippen molar-refractivity contribution in [2.24, 2.45) is 0 Å². The average molecular weight is 229 g/mol. The van der Waals surface area contributed by atoms with Crippen LogP contribution in [0.4, 0.5) is 0 Å². The van der Waals surface area contributed by atoms with Crippen LogP contribution >= 0.6 is 0 Å². The summed E-state index contributed by atoms with van der Waals surface area (Å²) in [5.41, 5.74) is 2.20. The molecule has 1 aromatic heterocycles. The maximum absolute atomic E-state index is 11.8. The highest BCUT2D eigenvalue weighted by Gasteiger charge is 2.19. The van der Waals surface area contributed by atoms with Crippen LogP contribution in [0.3, 0.4) is 0 Å². The van der Waals surface area contributed by atoms with Gasteiger partial charge in [-0.25, -0.2) is 4.98 Å². The van der Waals surface area contributed by atoms with Crippen molar-refractivity contribution in [2.45, 2.75) is 13.0 Å². The summed E-state index contributed by atoms with van der Waals surface area (Å²) >= 11 is 0. The van der Waals surface area contributed by atoms with Gasteiger partial charge in [-0.1, -0.05) is 0 Å². The zero-order chi connectivity index (χ0) is 11.8. The number of amides is 1. The highest BCUT2D eigenvalue weighted by molar-refractivity contribution is 5.96. The van der Waals surface area contributed by atoms with Crippen molar-refractivity contribution in [3.8, 4) is 0 Å². The lowest BCUT2D eigenvalue weighted by atomic mass is 10.2. The minimum Gasteiger partial charge on any atom is -0.349 e. The number of imidazole rings is 1. The standard InChI is InChI=1S/C12H11N3O2/c16-7-8-2-3-9-10(6-8)15-5-1-4-13-12(17)11(15)14-9/h2-3,6-7H,1,4-5H2,(H,13,17). The second kappa shape index (κ2) is 3.69. The minimum absolute atomic E-state index is 0.147. The highest BCUT2D eigenvalue weighted by atomic mass is 16.2. The van der Waals surface area contributed by atoms with Crippen LogP contribution in [0.2, 0.25) is 0 Å². The zero-order valence-corrected chi connectivity index (χ0v) is 9.14. The van der Waals surface area contributed by atoms with Crippen molar-refractivity contribution in [1.82, 2.24) is 14.9 Å². The smallest absolute Gasteiger partial charge is 0.287 e. The molecule has 2 heterocycles. The molecule has 86 valence electrons. The van der Waals surface area contributed by atoms with Gasteiger partial charge in [-0.05, 0) is 24.6 Å².